The fourth-order valence-corrected chi connectivity index (χ4v) is 4.38. The number of carbonyl (C=O) groups is 1. The predicted molar refractivity (Wildman–Crippen MR) is 129 cm³/mol. The van der Waals surface area contributed by atoms with Crippen LogP contribution in [0.15, 0.2) is 54.6 Å². The van der Waals surface area contributed by atoms with Crippen molar-refractivity contribution in [1.29, 1.82) is 0 Å². The summed E-state index contributed by atoms with van der Waals surface area (Å²) < 4.78 is 0. The van der Waals surface area contributed by atoms with Crippen molar-refractivity contribution in [1.82, 2.24) is 14.9 Å². The van der Waals surface area contributed by atoms with Crippen LogP contribution >= 0.6 is 0 Å². The molecule has 1 aliphatic heterocycles. The van der Waals surface area contributed by atoms with Crippen molar-refractivity contribution in [3.05, 3.63) is 88.4 Å². The van der Waals surface area contributed by atoms with Crippen LogP contribution in [0, 0.1) is 13.8 Å². The van der Waals surface area contributed by atoms with Crippen molar-refractivity contribution < 1.29 is 4.79 Å². The van der Waals surface area contributed by atoms with E-state index >= 15 is 0 Å². The van der Waals surface area contributed by atoms with Crippen LogP contribution in [0.2, 0.25) is 0 Å². The molecule has 0 bridgehead atoms. The summed E-state index contributed by atoms with van der Waals surface area (Å²) in [6.07, 6.45) is 2.62. The van der Waals surface area contributed by atoms with Gasteiger partial charge in [0.1, 0.15) is 11.6 Å². The number of aryl methyl sites for hydroxylation is 3. The third-order valence-corrected chi connectivity index (χ3v) is 6.12. The molecule has 166 valence electrons. The van der Waals surface area contributed by atoms with E-state index in [1.165, 1.54) is 16.7 Å². The first-order valence-corrected chi connectivity index (χ1v) is 11.6. The lowest BCUT2D eigenvalue weighted by Gasteiger charge is -2.26. The van der Waals surface area contributed by atoms with Crippen LogP contribution in [0.1, 0.15) is 51.9 Å². The number of carbonyl (C=O) groups excluding carboxylic acids is 1. The minimum Gasteiger partial charge on any atom is -0.354 e. The SMILES string of the molecule is CCc1nc(C)nc(N2CCCN(C(=O)c3ccccc3)CC2)c1Cc1ccc(C)cc1. The lowest BCUT2D eigenvalue weighted by molar-refractivity contribution is 0.0767. The molecule has 1 aliphatic rings. The largest absolute Gasteiger partial charge is 0.354 e. The van der Waals surface area contributed by atoms with Gasteiger partial charge < -0.3 is 9.80 Å². The minimum absolute atomic E-state index is 0.112. The molecule has 0 aliphatic carbocycles. The van der Waals surface area contributed by atoms with Gasteiger partial charge in [0.2, 0.25) is 0 Å². The van der Waals surface area contributed by atoms with E-state index in [1.807, 2.05) is 42.2 Å². The fraction of sp³-hybridized carbons (Fsp3) is 0.370. The molecule has 0 unspecified atom stereocenters. The standard InChI is InChI=1S/C27H32N4O/c1-4-25-24(19-22-13-11-20(2)12-14-22)26(29-21(3)28-25)30-15-8-16-31(18-17-30)27(32)23-9-6-5-7-10-23/h5-7,9-14H,4,8,15-19H2,1-3H3. The first kappa shape index (κ1) is 22.0. The summed E-state index contributed by atoms with van der Waals surface area (Å²) in [4.78, 5) is 27.0. The first-order valence-electron chi connectivity index (χ1n) is 11.6. The van der Waals surface area contributed by atoms with E-state index < -0.39 is 0 Å². The number of hydrogen-bond acceptors (Lipinski definition) is 4. The first-order chi connectivity index (χ1) is 15.5. The summed E-state index contributed by atoms with van der Waals surface area (Å²) in [5.41, 5.74) is 5.63. The average Bonchev–Trinajstić information content (AvgIpc) is 3.07. The molecule has 0 spiro atoms. The van der Waals surface area contributed by atoms with Gasteiger partial charge in [0.05, 0.1) is 0 Å². The van der Waals surface area contributed by atoms with Crippen LogP contribution in [-0.2, 0) is 12.8 Å². The second-order valence-electron chi connectivity index (χ2n) is 8.53. The van der Waals surface area contributed by atoms with Crippen LogP contribution in [0.4, 0.5) is 5.82 Å². The van der Waals surface area contributed by atoms with Crippen molar-refractivity contribution >= 4 is 11.7 Å². The fourth-order valence-electron chi connectivity index (χ4n) is 4.38. The number of rotatable bonds is 5. The van der Waals surface area contributed by atoms with Crippen molar-refractivity contribution in [3.8, 4) is 0 Å². The normalized spacial score (nSPS) is 14.3. The molecule has 4 rings (SSSR count). The molecule has 0 saturated carbocycles. The van der Waals surface area contributed by atoms with Gasteiger partial charge in [-0.05, 0) is 44.4 Å². The Kier molecular flexibility index (Phi) is 6.84. The summed E-state index contributed by atoms with van der Waals surface area (Å²) in [6.45, 7) is 9.37. The Morgan fingerprint density at radius 3 is 2.38 bits per heavy atom. The highest BCUT2D eigenvalue weighted by molar-refractivity contribution is 5.94. The van der Waals surface area contributed by atoms with Gasteiger partial charge in [-0.15, -0.1) is 0 Å². The molecular weight excluding hydrogens is 396 g/mol. The zero-order valence-electron chi connectivity index (χ0n) is 19.3. The second-order valence-corrected chi connectivity index (χ2v) is 8.53. The van der Waals surface area contributed by atoms with Gasteiger partial charge in [0, 0.05) is 49.4 Å². The van der Waals surface area contributed by atoms with E-state index in [2.05, 4.69) is 43.0 Å². The number of nitrogens with zero attached hydrogens (tertiary/aromatic N) is 4. The van der Waals surface area contributed by atoms with E-state index in [-0.39, 0.29) is 5.91 Å². The molecule has 3 aromatic rings. The maximum atomic E-state index is 13.0. The number of benzene rings is 2. The van der Waals surface area contributed by atoms with E-state index in [1.54, 1.807) is 0 Å². The molecule has 1 saturated heterocycles. The Morgan fingerprint density at radius 1 is 0.906 bits per heavy atom. The molecule has 5 nitrogen and oxygen atoms in total. The van der Waals surface area contributed by atoms with Crippen molar-refractivity contribution in [2.75, 3.05) is 31.1 Å². The van der Waals surface area contributed by atoms with Crippen LogP contribution in [-0.4, -0.2) is 47.0 Å². The third kappa shape index (κ3) is 4.98. The highest BCUT2D eigenvalue weighted by atomic mass is 16.2. The van der Waals surface area contributed by atoms with Gasteiger partial charge in [0.15, 0.2) is 0 Å². The summed E-state index contributed by atoms with van der Waals surface area (Å²) in [7, 11) is 0. The number of anilines is 1. The topological polar surface area (TPSA) is 49.3 Å². The monoisotopic (exact) mass is 428 g/mol. The maximum absolute atomic E-state index is 13.0. The molecule has 0 radical (unpaired) electrons. The van der Waals surface area contributed by atoms with Gasteiger partial charge in [-0.3, -0.25) is 4.79 Å². The smallest absolute Gasteiger partial charge is 0.253 e. The quantitative estimate of drug-likeness (QED) is 0.596. The molecule has 1 amide bonds. The van der Waals surface area contributed by atoms with Crippen LogP contribution in [0.3, 0.4) is 0 Å². The number of hydrogen-bond donors (Lipinski definition) is 0. The highest BCUT2D eigenvalue weighted by Crippen LogP contribution is 2.26. The van der Waals surface area contributed by atoms with Gasteiger partial charge in [-0.25, -0.2) is 9.97 Å². The Balaban J connectivity index is 1.59. The lowest BCUT2D eigenvalue weighted by Crippen LogP contribution is -2.35. The summed E-state index contributed by atoms with van der Waals surface area (Å²) >= 11 is 0. The molecule has 0 atom stereocenters. The number of aromatic nitrogens is 2. The third-order valence-electron chi connectivity index (χ3n) is 6.12. The van der Waals surface area contributed by atoms with E-state index in [9.17, 15) is 4.79 Å². The zero-order chi connectivity index (χ0) is 22.5. The lowest BCUT2D eigenvalue weighted by atomic mass is 10.0. The summed E-state index contributed by atoms with van der Waals surface area (Å²) in [5, 5.41) is 0. The van der Waals surface area contributed by atoms with Crippen molar-refractivity contribution in [3.63, 3.8) is 0 Å². The van der Waals surface area contributed by atoms with Gasteiger partial charge in [-0.2, -0.15) is 0 Å². The average molecular weight is 429 g/mol. The molecule has 2 heterocycles. The molecule has 2 aromatic carbocycles. The van der Waals surface area contributed by atoms with Gasteiger partial charge >= 0.3 is 0 Å². The van der Waals surface area contributed by atoms with Crippen molar-refractivity contribution in [2.24, 2.45) is 0 Å². The zero-order valence-corrected chi connectivity index (χ0v) is 19.3. The van der Waals surface area contributed by atoms with Crippen molar-refractivity contribution in [2.45, 2.75) is 40.0 Å². The van der Waals surface area contributed by atoms with Gasteiger partial charge in [0.25, 0.3) is 5.91 Å². The molecule has 1 aromatic heterocycles. The van der Waals surface area contributed by atoms with E-state index in [0.29, 0.717) is 6.54 Å². The highest BCUT2D eigenvalue weighted by Gasteiger charge is 2.24. The minimum atomic E-state index is 0.112. The van der Waals surface area contributed by atoms with E-state index in [0.717, 1.165) is 61.8 Å². The predicted octanol–water partition coefficient (Wildman–Crippen LogP) is 4.60. The molecular formula is C27H32N4O. The molecule has 5 heteroatoms. The van der Waals surface area contributed by atoms with Crippen LogP contribution in [0.25, 0.3) is 0 Å². The Morgan fingerprint density at radius 2 is 1.66 bits per heavy atom. The van der Waals surface area contributed by atoms with E-state index in [4.69, 9.17) is 9.97 Å². The summed E-state index contributed by atoms with van der Waals surface area (Å²) in [5.74, 6) is 1.95. The molecule has 0 N–H and O–H groups in total. The Labute approximate surface area is 191 Å². The number of amides is 1. The maximum Gasteiger partial charge on any atom is 0.253 e. The molecule has 32 heavy (non-hydrogen) atoms. The molecule has 1 fully saturated rings. The Bertz CT molecular complexity index is 1060. The second kappa shape index (κ2) is 9.94. The van der Waals surface area contributed by atoms with Crippen LogP contribution < -0.4 is 4.90 Å². The summed E-state index contributed by atoms with van der Waals surface area (Å²) in [6, 6.07) is 18.3. The Hall–Kier alpha value is -3.21. The van der Waals surface area contributed by atoms with Crippen LogP contribution in [0.5, 0.6) is 0 Å². The van der Waals surface area contributed by atoms with Gasteiger partial charge in [-0.1, -0.05) is 55.0 Å².